The van der Waals surface area contributed by atoms with Gasteiger partial charge in [-0.25, -0.2) is 9.37 Å². The van der Waals surface area contributed by atoms with Crippen molar-refractivity contribution in [3.8, 4) is 11.1 Å². The topological polar surface area (TPSA) is 50.2 Å². The first-order valence-corrected chi connectivity index (χ1v) is 10.2. The molecule has 0 aliphatic carbocycles. The van der Waals surface area contributed by atoms with Gasteiger partial charge in [-0.3, -0.25) is 4.79 Å². The van der Waals surface area contributed by atoms with Crippen molar-refractivity contribution in [2.45, 2.75) is 19.5 Å². The molecule has 3 heterocycles. The Morgan fingerprint density at radius 3 is 2.71 bits per heavy atom. The molecule has 0 radical (unpaired) electrons. The number of nitrogens with zero attached hydrogens (tertiary/aromatic N) is 1. The number of fused-ring (bicyclic) bond motifs is 2. The molecule has 140 valence electrons. The highest BCUT2D eigenvalue weighted by Gasteiger charge is 2.21. The molecule has 0 spiro atoms. The average molecular weight is 392 g/mol. The number of H-pyrrole nitrogens is 1. The van der Waals surface area contributed by atoms with E-state index < -0.39 is 0 Å². The molecule has 28 heavy (non-hydrogen) atoms. The van der Waals surface area contributed by atoms with Crippen LogP contribution >= 0.6 is 11.3 Å². The third kappa shape index (κ3) is 3.15. The number of hydrogen-bond donors (Lipinski definition) is 2. The van der Waals surface area contributed by atoms with Crippen molar-refractivity contribution in [2.24, 2.45) is 0 Å². The molecule has 5 rings (SSSR count). The Bertz CT molecular complexity index is 1210. The second-order valence-electron chi connectivity index (χ2n) is 7.22. The summed E-state index contributed by atoms with van der Waals surface area (Å²) in [5, 5.41) is 2.51. The smallest absolute Gasteiger partial charge is 0.260 e. The first-order chi connectivity index (χ1) is 13.7. The molecule has 0 amide bonds. The Hall–Kier alpha value is -2.83. The molecule has 1 atom stereocenters. The number of nitrogens with one attached hydrogen (secondary N) is 2. The molecule has 1 unspecified atom stereocenters. The van der Waals surface area contributed by atoms with E-state index in [1.165, 1.54) is 39.5 Å². The zero-order valence-corrected chi connectivity index (χ0v) is 16.0. The maximum Gasteiger partial charge on any atom is 0.260 e. The number of benzene rings is 2. The Morgan fingerprint density at radius 2 is 1.89 bits per heavy atom. The number of rotatable bonds is 3. The molecule has 1 aliphatic rings. The molecule has 4 aromatic rings. The monoisotopic (exact) mass is 392 g/mol. The first-order valence-electron chi connectivity index (χ1n) is 9.34. The molecule has 2 N–H and O–H groups in total. The lowest BCUT2D eigenvalue weighted by Crippen LogP contribution is -3.10. The lowest BCUT2D eigenvalue weighted by atomic mass is 10.00. The summed E-state index contributed by atoms with van der Waals surface area (Å²) in [6.45, 7) is 2.68. The molecule has 1 aliphatic heterocycles. The van der Waals surface area contributed by atoms with Crippen molar-refractivity contribution in [1.29, 1.82) is 0 Å². The van der Waals surface area contributed by atoms with Gasteiger partial charge in [0.25, 0.3) is 5.56 Å². The van der Waals surface area contributed by atoms with Crippen LogP contribution in [0.2, 0.25) is 0 Å². The van der Waals surface area contributed by atoms with Crippen LogP contribution in [0.3, 0.4) is 0 Å². The molecular weight excluding hydrogens is 373 g/mol. The highest BCUT2D eigenvalue weighted by atomic mass is 32.1. The van der Waals surface area contributed by atoms with Crippen molar-refractivity contribution in [3.05, 3.63) is 87.0 Å². The SMILES string of the molecule is O=c1[nH]c(C[NH+]2CCc3ccccc3C2)nc2scc(-c3ccc(F)cc3)c12. The number of quaternary nitrogens is 1. The van der Waals surface area contributed by atoms with Crippen LogP contribution in [0.4, 0.5) is 4.39 Å². The van der Waals surface area contributed by atoms with Crippen molar-refractivity contribution in [1.82, 2.24) is 9.97 Å². The fourth-order valence-corrected chi connectivity index (χ4v) is 4.92. The number of aromatic amines is 1. The van der Waals surface area contributed by atoms with E-state index >= 15 is 0 Å². The zero-order chi connectivity index (χ0) is 19.1. The molecule has 0 fully saturated rings. The van der Waals surface area contributed by atoms with Crippen LogP contribution in [0.15, 0.2) is 58.7 Å². The lowest BCUT2D eigenvalue weighted by Gasteiger charge is -2.25. The maximum atomic E-state index is 13.2. The third-order valence-electron chi connectivity index (χ3n) is 5.37. The largest absolute Gasteiger partial charge is 0.325 e. The fraction of sp³-hybridized carbons (Fsp3) is 0.182. The molecule has 6 heteroatoms. The summed E-state index contributed by atoms with van der Waals surface area (Å²) in [7, 11) is 0. The maximum absolute atomic E-state index is 13.2. The van der Waals surface area contributed by atoms with E-state index in [0.29, 0.717) is 11.9 Å². The van der Waals surface area contributed by atoms with Gasteiger partial charge in [-0.1, -0.05) is 36.4 Å². The van der Waals surface area contributed by atoms with Crippen molar-refractivity contribution in [2.75, 3.05) is 6.54 Å². The van der Waals surface area contributed by atoms with E-state index in [1.54, 1.807) is 12.1 Å². The summed E-state index contributed by atoms with van der Waals surface area (Å²) in [5.74, 6) is 0.433. The van der Waals surface area contributed by atoms with Crippen molar-refractivity contribution < 1.29 is 9.29 Å². The zero-order valence-electron chi connectivity index (χ0n) is 15.2. The van der Waals surface area contributed by atoms with E-state index in [4.69, 9.17) is 4.98 Å². The predicted molar refractivity (Wildman–Crippen MR) is 109 cm³/mol. The van der Waals surface area contributed by atoms with E-state index in [9.17, 15) is 9.18 Å². The van der Waals surface area contributed by atoms with Gasteiger partial charge in [-0.2, -0.15) is 0 Å². The summed E-state index contributed by atoms with van der Waals surface area (Å²) >= 11 is 1.46. The van der Waals surface area contributed by atoms with Gasteiger partial charge in [0.05, 0.1) is 11.9 Å². The number of thiophene rings is 1. The van der Waals surface area contributed by atoms with Gasteiger partial charge >= 0.3 is 0 Å². The summed E-state index contributed by atoms with van der Waals surface area (Å²) in [4.78, 5) is 22.6. The van der Waals surface area contributed by atoms with Crippen LogP contribution in [-0.2, 0) is 19.5 Å². The highest BCUT2D eigenvalue weighted by molar-refractivity contribution is 7.17. The molecule has 2 aromatic carbocycles. The van der Waals surface area contributed by atoms with Crippen molar-refractivity contribution >= 4 is 21.6 Å². The molecule has 0 saturated heterocycles. The van der Waals surface area contributed by atoms with E-state index in [1.807, 2.05) is 5.38 Å². The molecule has 0 saturated carbocycles. The Morgan fingerprint density at radius 1 is 1.11 bits per heavy atom. The number of aromatic nitrogens is 2. The minimum absolute atomic E-state index is 0.127. The third-order valence-corrected chi connectivity index (χ3v) is 6.24. The minimum Gasteiger partial charge on any atom is -0.325 e. The highest BCUT2D eigenvalue weighted by Crippen LogP contribution is 2.30. The minimum atomic E-state index is -0.288. The number of halogens is 1. The van der Waals surface area contributed by atoms with E-state index in [0.717, 1.165) is 41.3 Å². The van der Waals surface area contributed by atoms with Gasteiger partial charge in [0, 0.05) is 22.9 Å². The fourth-order valence-electron chi connectivity index (χ4n) is 3.95. The summed E-state index contributed by atoms with van der Waals surface area (Å²) < 4.78 is 13.2. The molecular formula is C22H19FN3OS+. The predicted octanol–water partition coefficient (Wildman–Crippen LogP) is 2.93. The van der Waals surface area contributed by atoms with Crippen LogP contribution in [0.1, 0.15) is 17.0 Å². The van der Waals surface area contributed by atoms with Gasteiger partial charge in [0.1, 0.15) is 23.7 Å². The summed E-state index contributed by atoms with van der Waals surface area (Å²) in [6.07, 6.45) is 1.05. The van der Waals surface area contributed by atoms with E-state index in [-0.39, 0.29) is 11.4 Å². The Balaban J connectivity index is 1.45. The molecule has 0 bridgehead atoms. The first kappa shape index (κ1) is 17.3. The Kier molecular flexibility index (Phi) is 4.30. The van der Waals surface area contributed by atoms with Crippen LogP contribution in [-0.4, -0.2) is 16.5 Å². The average Bonchev–Trinajstić information content (AvgIpc) is 3.13. The van der Waals surface area contributed by atoms with Gasteiger partial charge < -0.3 is 9.88 Å². The number of hydrogen-bond acceptors (Lipinski definition) is 3. The second-order valence-corrected chi connectivity index (χ2v) is 8.08. The summed E-state index contributed by atoms with van der Waals surface area (Å²) in [6, 6.07) is 14.8. The Labute approximate surface area is 165 Å². The quantitative estimate of drug-likeness (QED) is 0.563. The van der Waals surface area contributed by atoms with Crippen LogP contribution < -0.4 is 10.5 Å². The normalized spacial score (nSPS) is 16.2. The van der Waals surface area contributed by atoms with Crippen molar-refractivity contribution in [3.63, 3.8) is 0 Å². The van der Waals surface area contributed by atoms with Crippen LogP contribution in [0.25, 0.3) is 21.3 Å². The van der Waals surface area contributed by atoms with E-state index in [2.05, 4.69) is 29.2 Å². The van der Waals surface area contributed by atoms with Gasteiger partial charge in [0.2, 0.25) is 0 Å². The lowest BCUT2D eigenvalue weighted by molar-refractivity contribution is -0.930. The molecule has 2 aromatic heterocycles. The standard InChI is InChI=1S/C22H18FN3OS/c23-17-7-5-15(6-8-17)18-13-28-22-20(18)21(27)24-19(25-22)12-26-10-9-14-3-1-2-4-16(14)11-26/h1-8,13H,9-12H2,(H,24,25,27)/p+1. The van der Waals surface area contributed by atoms with Crippen LogP contribution in [0, 0.1) is 5.82 Å². The van der Waals surface area contributed by atoms with Gasteiger partial charge in [-0.15, -0.1) is 11.3 Å². The molecule has 4 nitrogen and oxygen atoms in total. The second kappa shape index (κ2) is 6.96. The van der Waals surface area contributed by atoms with Gasteiger partial charge in [0.15, 0.2) is 5.82 Å². The van der Waals surface area contributed by atoms with Crippen LogP contribution in [0.5, 0.6) is 0 Å². The summed E-state index contributed by atoms with van der Waals surface area (Å²) in [5.41, 5.74) is 4.30. The van der Waals surface area contributed by atoms with Gasteiger partial charge in [-0.05, 0) is 23.3 Å².